The van der Waals surface area contributed by atoms with Gasteiger partial charge in [-0.1, -0.05) is 0 Å². The second kappa shape index (κ2) is 8.75. The van der Waals surface area contributed by atoms with Crippen LogP contribution in [0.3, 0.4) is 0 Å². The molecule has 0 spiro atoms. The number of carboxylic acids is 1. The number of hydrogen-bond donors (Lipinski definition) is 3. The van der Waals surface area contributed by atoms with Crippen molar-refractivity contribution in [3.8, 4) is 0 Å². The minimum atomic E-state index is -0.870. The molecular weight excluding hydrogens is 278 g/mol. The summed E-state index contributed by atoms with van der Waals surface area (Å²) in [5.41, 5.74) is 0. The summed E-state index contributed by atoms with van der Waals surface area (Å²) in [6, 6.07) is 2.81. The van der Waals surface area contributed by atoms with Crippen LogP contribution in [0.4, 0.5) is 4.79 Å². The summed E-state index contributed by atoms with van der Waals surface area (Å²) in [6.07, 6.45) is 1.99. The molecule has 0 radical (unpaired) electrons. The van der Waals surface area contributed by atoms with Crippen molar-refractivity contribution in [3.05, 3.63) is 24.2 Å². The maximum absolute atomic E-state index is 11.6. The molecule has 0 aromatic carbocycles. The number of amides is 3. The second-order valence-corrected chi connectivity index (χ2v) is 4.55. The third-order valence-electron chi connectivity index (χ3n) is 2.60. The first-order chi connectivity index (χ1) is 9.97. The van der Waals surface area contributed by atoms with Crippen molar-refractivity contribution < 1.29 is 23.9 Å². The summed E-state index contributed by atoms with van der Waals surface area (Å²) >= 11 is 0. The van der Waals surface area contributed by atoms with Crippen molar-refractivity contribution in [1.82, 2.24) is 15.5 Å². The zero-order valence-electron chi connectivity index (χ0n) is 11.8. The standard InChI is InChI=1S/C13H19N3O5/c1-16(6-2-5-12(18)19)9-11(17)15-13(20)14-8-10-4-3-7-21-10/h3-4,7H,2,5-6,8-9H2,1H3,(H,18,19)(H2,14,15,17,20). The number of hydrogen-bond acceptors (Lipinski definition) is 5. The van der Waals surface area contributed by atoms with Gasteiger partial charge < -0.3 is 14.8 Å². The van der Waals surface area contributed by atoms with Gasteiger partial charge in [0, 0.05) is 6.42 Å². The second-order valence-electron chi connectivity index (χ2n) is 4.55. The van der Waals surface area contributed by atoms with Crippen LogP contribution in [-0.4, -0.2) is 48.1 Å². The first-order valence-corrected chi connectivity index (χ1v) is 6.48. The highest BCUT2D eigenvalue weighted by Gasteiger charge is 2.11. The van der Waals surface area contributed by atoms with E-state index in [0.717, 1.165) is 0 Å². The Morgan fingerprint density at radius 1 is 1.38 bits per heavy atom. The van der Waals surface area contributed by atoms with Gasteiger partial charge in [0.15, 0.2) is 0 Å². The molecule has 8 nitrogen and oxygen atoms in total. The Balaban J connectivity index is 2.16. The summed E-state index contributed by atoms with van der Waals surface area (Å²) < 4.78 is 5.03. The lowest BCUT2D eigenvalue weighted by Crippen LogP contribution is -2.43. The van der Waals surface area contributed by atoms with Crippen molar-refractivity contribution in [1.29, 1.82) is 0 Å². The average Bonchev–Trinajstić information content (AvgIpc) is 2.88. The number of carbonyl (C=O) groups excluding carboxylic acids is 2. The molecule has 3 N–H and O–H groups in total. The van der Waals surface area contributed by atoms with E-state index >= 15 is 0 Å². The molecule has 21 heavy (non-hydrogen) atoms. The van der Waals surface area contributed by atoms with Gasteiger partial charge >= 0.3 is 12.0 Å². The summed E-state index contributed by atoms with van der Waals surface area (Å²) in [5, 5.41) is 13.2. The van der Waals surface area contributed by atoms with Gasteiger partial charge in [-0.3, -0.25) is 19.8 Å². The number of nitrogens with zero attached hydrogens (tertiary/aromatic N) is 1. The van der Waals surface area contributed by atoms with Gasteiger partial charge in [-0.2, -0.15) is 0 Å². The summed E-state index contributed by atoms with van der Waals surface area (Å²) in [4.78, 5) is 35.0. The van der Waals surface area contributed by atoms with Crippen molar-refractivity contribution in [2.24, 2.45) is 0 Å². The number of rotatable bonds is 8. The van der Waals surface area contributed by atoms with Crippen molar-refractivity contribution in [2.75, 3.05) is 20.1 Å². The van der Waals surface area contributed by atoms with Crippen LogP contribution in [0.1, 0.15) is 18.6 Å². The molecule has 8 heteroatoms. The predicted octanol–water partition coefficient (Wildman–Crippen LogP) is 0.402. The first-order valence-electron chi connectivity index (χ1n) is 6.48. The van der Waals surface area contributed by atoms with Crippen LogP contribution < -0.4 is 10.6 Å². The Hall–Kier alpha value is -2.35. The Bertz CT molecular complexity index is 472. The first kappa shape index (κ1) is 16.7. The Kier molecular flexibility index (Phi) is 6.96. The number of aliphatic carboxylic acids is 1. The Morgan fingerprint density at radius 3 is 2.76 bits per heavy atom. The molecule has 1 heterocycles. The molecule has 0 saturated heterocycles. The van der Waals surface area contributed by atoms with E-state index < -0.39 is 17.9 Å². The van der Waals surface area contributed by atoms with E-state index in [4.69, 9.17) is 9.52 Å². The lowest BCUT2D eigenvalue weighted by atomic mass is 10.3. The molecule has 0 saturated carbocycles. The summed E-state index contributed by atoms with van der Waals surface area (Å²) in [6.45, 7) is 0.683. The smallest absolute Gasteiger partial charge is 0.321 e. The van der Waals surface area contributed by atoms with Crippen molar-refractivity contribution >= 4 is 17.9 Å². The third-order valence-corrected chi connectivity index (χ3v) is 2.60. The lowest BCUT2D eigenvalue weighted by molar-refractivity contribution is -0.137. The monoisotopic (exact) mass is 297 g/mol. The molecule has 0 atom stereocenters. The maximum Gasteiger partial charge on any atom is 0.321 e. The van der Waals surface area contributed by atoms with Crippen LogP contribution >= 0.6 is 0 Å². The number of carboxylic acid groups (broad SMARTS) is 1. The maximum atomic E-state index is 11.6. The van der Waals surface area contributed by atoms with Crippen LogP contribution in [0.5, 0.6) is 0 Å². The molecule has 0 aliphatic rings. The molecule has 0 bridgehead atoms. The number of carbonyl (C=O) groups is 3. The van der Waals surface area contributed by atoms with Crippen LogP contribution in [0.2, 0.25) is 0 Å². The van der Waals surface area contributed by atoms with E-state index in [9.17, 15) is 14.4 Å². The fraction of sp³-hybridized carbons (Fsp3) is 0.462. The SMILES string of the molecule is CN(CCCC(=O)O)CC(=O)NC(=O)NCc1ccco1. The number of imide groups is 1. The van der Waals surface area contributed by atoms with E-state index in [0.29, 0.717) is 18.7 Å². The minimum absolute atomic E-state index is 0.0216. The fourth-order valence-corrected chi connectivity index (χ4v) is 1.62. The zero-order valence-corrected chi connectivity index (χ0v) is 11.8. The van der Waals surface area contributed by atoms with E-state index in [1.807, 2.05) is 0 Å². The number of likely N-dealkylation sites (N-methyl/N-ethyl adjacent to an activating group) is 1. The third kappa shape index (κ3) is 7.73. The van der Waals surface area contributed by atoms with Crippen molar-refractivity contribution in [3.63, 3.8) is 0 Å². The quantitative estimate of drug-likeness (QED) is 0.640. The van der Waals surface area contributed by atoms with Gasteiger partial charge in [-0.25, -0.2) is 4.79 Å². The lowest BCUT2D eigenvalue weighted by Gasteiger charge is -2.15. The number of nitrogens with one attached hydrogen (secondary N) is 2. The Morgan fingerprint density at radius 2 is 2.14 bits per heavy atom. The van der Waals surface area contributed by atoms with Gasteiger partial charge in [-0.15, -0.1) is 0 Å². The van der Waals surface area contributed by atoms with Gasteiger partial charge in [0.05, 0.1) is 19.4 Å². The predicted molar refractivity (Wildman–Crippen MR) is 73.5 cm³/mol. The Labute approximate surface area is 122 Å². The fourth-order valence-electron chi connectivity index (χ4n) is 1.62. The van der Waals surface area contributed by atoms with Gasteiger partial charge in [0.25, 0.3) is 0 Å². The number of urea groups is 1. The van der Waals surface area contributed by atoms with Crippen LogP contribution in [-0.2, 0) is 16.1 Å². The molecular formula is C13H19N3O5. The van der Waals surface area contributed by atoms with Gasteiger partial charge in [-0.05, 0) is 32.1 Å². The molecule has 0 aliphatic carbocycles. The zero-order chi connectivity index (χ0) is 15.7. The van der Waals surface area contributed by atoms with Gasteiger partial charge in [0.2, 0.25) is 5.91 Å². The molecule has 0 aliphatic heterocycles. The highest BCUT2D eigenvalue weighted by Crippen LogP contribution is 1.98. The van der Waals surface area contributed by atoms with Crippen LogP contribution in [0, 0.1) is 0 Å². The molecule has 1 rings (SSSR count). The highest BCUT2D eigenvalue weighted by molar-refractivity contribution is 5.95. The van der Waals surface area contributed by atoms with Crippen LogP contribution in [0.25, 0.3) is 0 Å². The normalized spacial score (nSPS) is 10.4. The molecule has 1 aromatic heterocycles. The topological polar surface area (TPSA) is 112 Å². The summed E-state index contributed by atoms with van der Waals surface area (Å²) in [7, 11) is 1.68. The molecule has 1 aromatic rings. The van der Waals surface area contributed by atoms with E-state index in [1.54, 1.807) is 24.1 Å². The van der Waals surface area contributed by atoms with E-state index in [-0.39, 0.29) is 19.5 Å². The largest absolute Gasteiger partial charge is 0.481 e. The van der Waals surface area contributed by atoms with Crippen molar-refractivity contribution in [2.45, 2.75) is 19.4 Å². The molecule has 0 fully saturated rings. The highest BCUT2D eigenvalue weighted by atomic mass is 16.4. The van der Waals surface area contributed by atoms with E-state index in [1.165, 1.54) is 6.26 Å². The average molecular weight is 297 g/mol. The molecule has 116 valence electrons. The molecule has 3 amide bonds. The summed E-state index contributed by atoms with van der Waals surface area (Å²) in [5.74, 6) is -0.738. The molecule has 0 unspecified atom stereocenters. The van der Waals surface area contributed by atoms with Gasteiger partial charge in [0.1, 0.15) is 5.76 Å². The minimum Gasteiger partial charge on any atom is -0.481 e. The number of furan rings is 1. The van der Waals surface area contributed by atoms with E-state index in [2.05, 4.69) is 10.6 Å². The van der Waals surface area contributed by atoms with Crippen LogP contribution in [0.15, 0.2) is 22.8 Å².